The predicted octanol–water partition coefficient (Wildman–Crippen LogP) is 2.49. The molecule has 128 valence electrons. The van der Waals surface area contributed by atoms with Crippen molar-refractivity contribution in [3.63, 3.8) is 0 Å². The summed E-state index contributed by atoms with van der Waals surface area (Å²) in [6, 6.07) is 0. The van der Waals surface area contributed by atoms with Gasteiger partial charge in [-0.25, -0.2) is 9.59 Å². The van der Waals surface area contributed by atoms with E-state index in [1.54, 1.807) is 4.90 Å². The number of nitrogens with one attached hydrogen (secondary N) is 2. The Balaban J connectivity index is 2.03. The van der Waals surface area contributed by atoms with Crippen LogP contribution >= 0.6 is 11.6 Å². The summed E-state index contributed by atoms with van der Waals surface area (Å²) in [5, 5.41) is 9.49. The molecule has 0 saturated carbocycles. The Morgan fingerprint density at radius 3 is 2.83 bits per heavy atom. The molecule has 1 aliphatic heterocycles. The topological polar surface area (TPSA) is 96.5 Å². The lowest BCUT2D eigenvalue weighted by molar-refractivity contribution is 0.0224. The van der Waals surface area contributed by atoms with E-state index in [0.29, 0.717) is 25.3 Å². The third-order valence-corrected chi connectivity index (χ3v) is 3.27. The monoisotopic (exact) mass is 344 g/mol. The number of carbonyl (C=O) groups excluding carboxylic acids is 2. The smallest absolute Gasteiger partial charge is 0.412 e. The molecule has 0 bridgehead atoms. The van der Waals surface area contributed by atoms with Gasteiger partial charge in [-0.3, -0.25) is 10.4 Å². The van der Waals surface area contributed by atoms with Gasteiger partial charge in [-0.05, 0) is 20.8 Å². The molecule has 2 N–H and O–H groups in total. The molecule has 2 amide bonds. The molecule has 0 aliphatic carbocycles. The maximum atomic E-state index is 12.2. The second kappa shape index (κ2) is 7.08. The molecule has 2 heterocycles. The van der Waals surface area contributed by atoms with Gasteiger partial charge in [-0.1, -0.05) is 0 Å². The molecule has 0 spiro atoms. The maximum absolute atomic E-state index is 12.2. The number of alkyl halides is 1. The number of hydrogen-bond donors (Lipinski definition) is 2. The summed E-state index contributed by atoms with van der Waals surface area (Å²) in [6.07, 6.45) is -0.408. The lowest BCUT2D eigenvalue weighted by Gasteiger charge is -2.30. The van der Waals surface area contributed by atoms with E-state index in [4.69, 9.17) is 21.1 Å². The zero-order valence-electron chi connectivity index (χ0n) is 13.4. The number of aromatic nitrogens is 2. The Morgan fingerprint density at radius 1 is 1.43 bits per heavy atom. The lowest BCUT2D eigenvalue weighted by Crippen LogP contribution is -2.40. The van der Waals surface area contributed by atoms with Crippen molar-refractivity contribution in [2.45, 2.75) is 39.3 Å². The molecule has 1 aliphatic rings. The molecule has 0 fully saturated rings. The van der Waals surface area contributed by atoms with Gasteiger partial charge in [0.2, 0.25) is 0 Å². The number of amides is 2. The zero-order chi connectivity index (χ0) is 17.0. The van der Waals surface area contributed by atoms with E-state index in [0.717, 1.165) is 11.3 Å². The summed E-state index contributed by atoms with van der Waals surface area (Å²) in [5.41, 5.74) is 1.09. The summed E-state index contributed by atoms with van der Waals surface area (Å²) in [5.74, 6) is 0.575. The first-order chi connectivity index (χ1) is 10.8. The minimum Gasteiger partial charge on any atom is -0.448 e. The van der Waals surface area contributed by atoms with E-state index in [1.165, 1.54) is 0 Å². The van der Waals surface area contributed by atoms with Crippen molar-refractivity contribution in [1.82, 2.24) is 15.1 Å². The van der Waals surface area contributed by atoms with Crippen molar-refractivity contribution in [2.24, 2.45) is 0 Å². The molecule has 0 unspecified atom stereocenters. The van der Waals surface area contributed by atoms with E-state index >= 15 is 0 Å². The predicted molar refractivity (Wildman–Crippen MR) is 84.6 cm³/mol. The highest BCUT2D eigenvalue weighted by Gasteiger charge is 2.29. The average molecular weight is 345 g/mol. The van der Waals surface area contributed by atoms with Crippen LogP contribution in [0.25, 0.3) is 0 Å². The standard InChI is InChI=1S/C14H21ClN4O4/c1-14(2,3)23-13(21)19-6-4-10-9(8-19)11(18-17-10)16-12(20)22-7-5-15/h4-8H2,1-3H3,(H2,16,17,18,20). The van der Waals surface area contributed by atoms with Gasteiger partial charge in [-0.15, -0.1) is 11.6 Å². The molecule has 23 heavy (non-hydrogen) atoms. The minimum absolute atomic E-state index is 0.115. The fourth-order valence-electron chi connectivity index (χ4n) is 2.14. The highest BCUT2D eigenvalue weighted by atomic mass is 35.5. The Labute approximate surface area is 139 Å². The molecule has 8 nitrogen and oxygen atoms in total. The molecule has 0 atom stereocenters. The van der Waals surface area contributed by atoms with Gasteiger partial charge in [0.05, 0.1) is 12.4 Å². The molecule has 9 heteroatoms. The maximum Gasteiger partial charge on any atom is 0.412 e. The SMILES string of the molecule is CC(C)(C)OC(=O)N1CCc2[nH]nc(NC(=O)OCCCl)c2C1. The van der Waals surface area contributed by atoms with Gasteiger partial charge in [0.1, 0.15) is 12.2 Å². The summed E-state index contributed by atoms with van der Waals surface area (Å²) in [4.78, 5) is 25.4. The fourth-order valence-corrected chi connectivity index (χ4v) is 2.22. The molecule has 1 aromatic heterocycles. The number of fused-ring (bicyclic) bond motifs is 1. The summed E-state index contributed by atoms with van der Waals surface area (Å²) >= 11 is 5.46. The van der Waals surface area contributed by atoms with Gasteiger partial charge in [0.15, 0.2) is 5.82 Å². The van der Waals surface area contributed by atoms with Gasteiger partial charge in [-0.2, -0.15) is 5.10 Å². The van der Waals surface area contributed by atoms with Crippen LogP contribution in [0.1, 0.15) is 32.0 Å². The Morgan fingerprint density at radius 2 is 2.17 bits per heavy atom. The van der Waals surface area contributed by atoms with E-state index in [-0.39, 0.29) is 18.6 Å². The first kappa shape index (κ1) is 17.4. The van der Waals surface area contributed by atoms with Crippen LogP contribution in [-0.4, -0.2) is 51.9 Å². The van der Waals surface area contributed by atoms with Crippen molar-refractivity contribution < 1.29 is 19.1 Å². The summed E-state index contributed by atoms with van der Waals surface area (Å²) in [7, 11) is 0. The fraction of sp³-hybridized carbons (Fsp3) is 0.643. The average Bonchev–Trinajstić information content (AvgIpc) is 2.85. The van der Waals surface area contributed by atoms with E-state index in [9.17, 15) is 9.59 Å². The van der Waals surface area contributed by atoms with Crippen LogP contribution in [0.15, 0.2) is 0 Å². The number of rotatable bonds is 3. The van der Waals surface area contributed by atoms with E-state index < -0.39 is 11.7 Å². The first-order valence-corrected chi connectivity index (χ1v) is 7.87. The molecule has 2 rings (SSSR count). The Bertz CT molecular complexity index is 582. The number of hydrogen-bond acceptors (Lipinski definition) is 5. The van der Waals surface area contributed by atoms with Crippen LogP contribution in [0.2, 0.25) is 0 Å². The van der Waals surface area contributed by atoms with Gasteiger partial charge < -0.3 is 14.4 Å². The van der Waals surface area contributed by atoms with Crippen molar-refractivity contribution >= 4 is 29.6 Å². The molecular weight excluding hydrogens is 324 g/mol. The quantitative estimate of drug-likeness (QED) is 0.821. The minimum atomic E-state index is -0.630. The molecule has 0 radical (unpaired) electrons. The second-order valence-corrected chi connectivity index (χ2v) is 6.51. The number of halogens is 1. The summed E-state index contributed by atoms with van der Waals surface area (Å²) in [6.45, 7) is 6.41. The number of carbonyl (C=O) groups is 2. The molecule has 1 aromatic rings. The van der Waals surface area contributed by atoms with Crippen molar-refractivity contribution in [3.8, 4) is 0 Å². The highest BCUT2D eigenvalue weighted by Crippen LogP contribution is 2.25. The Hall–Kier alpha value is -1.96. The van der Waals surface area contributed by atoms with E-state index in [2.05, 4.69) is 15.5 Å². The van der Waals surface area contributed by atoms with Crippen LogP contribution in [0.3, 0.4) is 0 Å². The number of H-pyrrole nitrogens is 1. The van der Waals surface area contributed by atoms with E-state index in [1.807, 2.05) is 20.8 Å². The van der Waals surface area contributed by atoms with Gasteiger partial charge in [0.25, 0.3) is 0 Å². The van der Waals surface area contributed by atoms with Crippen molar-refractivity contribution in [1.29, 1.82) is 0 Å². The highest BCUT2D eigenvalue weighted by molar-refractivity contribution is 6.18. The Kier molecular flexibility index (Phi) is 5.35. The third-order valence-electron chi connectivity index (χ3n) is 3.12. The molecule has 0 aromatic carbocycles. The number of aromatic amines is 1. The second-order valence-electron chi connectivity index (χ2n) is 6.13. The van der Waals surface area contributed by atoms with Crippen LogP contribution in [0.5, 0.6) is 0 Å². The zero-order valence-corrected chi connectivity index (χ0v) is 14.2. The van der Waals surface area contributed by atoms with Crippen LogP contribution < -0.4 is 5.32 Å². The number of nitrogens with zero attached hydrogens (tertiary/aromatic N) is 2. The number of ether oxygens (including phenoxy) is 2. The molecule has 0 saturated heterocycles. The van der Waals surface area contributed by atoms with Crippen LogP contribution in [-0.2, 0) is 22.4 Å². The van der Waals surface area contributed by atoms with Crippen LogP contribution in [0, 0.1) is 0 Å². The summed E-state index contributed by atoms with van der Waals surface area (Å²) < 4.78 is 10.2. The molecular formula is C14H21ClN4O4. The normalized spacial score (nSPS) is 14.2. The third kappa shape index (κ3) is 4.75. The van der Waals surface area contributed by atoms with Gasteiger partial charge >= 0.3 is 12.2 Å². The van der Waals surface area contributed by atoms with Crippen molar-refractivity contribution in [3.05, 3.63) is 11.3 Å². The first-order valence-electron chi connectivity index (χ1n) is 7.34. The lowest BCUT2D eigenvalue weighted by atomic mass is 10.1. The number of anilines is 1. The van der Waals surface area contributed by atoms with Crippen molar-refractivity contribution in [2.75, 3.05) is 24.3 Å². The van der Waals surface area contributed by atoms with Crippen LogP contribution in [0.4, 0.5) is 15.4 Å². The van der Waals surface area contributed by atoms with Gasteiger partial charge in [0, 0.05) is 24.2 Å². The largest absolute Gasteiger partial charge is 0.448 e.